The van der Waals surface area contributed by atoms with E-state index in [-0.39, 0.29) is 17.6 Å². The van der Waals surface area contributed by atoms with Crippen molar-refractivity contribution in [3.05, 3.63) is 22.2 Å². The maximum absolute atomic E-state index is 10.7. The van der Waals surface area contributed by atoms with E-state index in [9.17, 15) is 10.1 Å². The fourth-order valence-corrected chi connectivity index (χ4v) is 2.31. The van der Waals surface area contributed by atoms with Crippen LogP contribution in [-0.2, 0) is 4.74 Å². The van der Waals surface area contributed by atoms with E-state index in [4.69, 9.17) is 10.5 Å². The van der Waals surface area contributed by atoms with Crippen LogP contribution in [0.1, 0.15) is 19.8 Å². The molecule has 2 heterocycles. The van der Waals surface area contributed by atoms with Crippen molar-refractivity contribution >= 4 is 17.3 Å². The van der Waals surface area contributed by atoms with E-state index < -0.39 is 4.92 Å². The number of rotatable bonds is 4. The van der Waals surface area contributed by atoms with Crippen molar-refractivity contribution in [2.75, 3.05) is 30.3 Å². The third-order valence-corrected chi connectivity index (χ3v) is 3.19. The fourth-order valence-electron chi connectivity index (χ4n) is 2.31. The van der Waals surface area contributed by atoms with Gasteiger partial charge in [0.15, 0.2) is 0 Å². The van der Waals surface area contributed by atoms with Gasteiger partial charge < -0.3 is 15.4 Å². The van der Waals surface area contributed by atoms with Crippen molar-refractivity contribution in [3.63, 3.8) is 0 Å². The van der Waals surface area contributed by atoms with Gasteiger partial charge in [-0.1, -0.05) is 0 Å². The summed E-state index contributed by atoms with van der Waals surface area (Å²) in [5.74, 6) is 0.633. The third-order valence-electron chi connectivity index (χ3n) is 3.19. The number of hydrogen-bond donors (Lipinski definition) is 1. The lowest BCUT2D eigenvalue weighted by molar-refractivity contribution is -0.384. The van der Waals surface area contributed by atoms with E-state index in [2.05, 4.69) is 9.88 Å². The lowest BCUT2D eigenvalue weighted by Gasteiger charge is -2.33. The van der Waals surface area contributed by atoms with Crippen LogP contribution in [-0.4, -0.2) is 35.7 Å². The second kappa shape index (κ2) is 5.83. The average Bonchev–Trinajstić information content (AvgIpc) is 2.39. The summed E-state index contributed by atoms with van der Waals surface area (Å²) in [5, 5.41) is 10.7. The molecule has 1 aromatic rings. The quantitative estimate of drug-likeness (QED) is 0.656. The smallest absolute Gasteiger partial charge is 0.311 e. The minimum Gasteiger partial charge on any atom is -0.378 e. The molecule has 1 aliphatic rings. The Morgan fingerprint density at radius 1 is 1.63 bits per heavy atom. The predicted octanol–water partition coefficient (Wildman–Crippen LogP) is 1.58. The molecule has 1 atom stereocenters. The van der Waals surface area contributed by atoms with Crippen LogP contribution in [0.5, 0.6) is 0 Å². The van der Waals surface area contributed by atoms with E-state index in [0.29, 0.717) is 12.4 Å². The first-order valence-electron chi connectivity index (χ1n) is 6.39. The molecule has 0 spiro atoms. The normalized spacial score (nSPS) is 19.4. The van der Waals surface area contributed by atoms with Crippen LogP contribution in [0, 0.1) is 10.1 Å². The average molecular weight is 266 g/mol. The molecule has 0 saturated carbocycles. The molecule has 104 valence electrons. The van der Waals surface area contributed by atoms with Crippen LogP contribution in [0.4, 0.5) is 17.3 Å². The molecule has 1 saturated heterocycles. The molecular formula is C12H18N4O3. The van der Waals surface area contributed by atoms with Gasteiger partial charge in [-0.2, -0.15) is 0 Å². The highest BCUT2D eigenvalue weighted by Gasteiger charge is 2.22. The summed E-state index contributed by atoms with van der Waals surface area (Å²) in [4.78, 5) is 16.4. The lowest BCUT2D eigenvalue weighted by Crippen LogP contribution is -2.40. The fraction of sp³-hybridized carbons (Fsp3) is 0.583. The number of pyridine rings is 1. The molecule has 19 heavy (non-hydrogen) atoms. The Bertz CT molecular complexity index is 464. The summed E-state index contributed by atoms with van der Waals surface area (Å²) in [6.07, 6.45) is 2.24. The number of nitrogen functional groups attached to an aromatic ring is 1. The standard InChI is InChI=1S/C12H18N4O3/c1-2-19-9-4-3-7-15(8-9)11-6-5-10(16(17)18)12(13)14-11/h5-6,9H,2-4,7-8H2,1H3,(H2,13,14). The van der Waals surface area contributed by atoms with Crippen molar-refractivity contribution in [2.45, 2.75) is 25.9 Å². The molecule has 1 aromatic heterocycles. The molecule has 0 bridgehead atoms. The van der Waals surface area contributed by atoms with Crippen LogP contribution >= 0.6 is 0 Å². The molecule has 1 fully saturated rings. The summed E-state index contributed by atoms with van der Waals surface area (Å²) in [7, 11) is 0. The molecule has 0 radical (unpaired) electrons. The van der Waals surface area contributed by atoms with E-state index in [1.807, 2.05) is 6.92 Å². The Hall–Kier alpha value is -1.89. The van der Waals surface area contributed by atoms with E-state index >= 15 is 0 Å². The zero-order valence-electron chi connectivity index (χ0n) is 10.9. The van der Waals surface area contributed by atoms with E-state index in [1.54, 1.807) is 6.07 Å². The Morgan fingerprint density at radius 2 is 2.42 bits per heavy atom. The van der Waals surface area contributed by atoms with Crippen LogP contribution in [0.3, 0.4) is 0 Å². The molecular weight excluding hydrogens is 248 g/mol. The summed E-state index contributed by atoms with van der Waals surface area (Å²) in [5.41, 5.74) is 5.46. The topological polar surface area (TPSA) is 94.5 Å². The number of nitro groups is 1. The first kappa shape index (κ1) is 13.5. The zero-order chi connectivity index (χ0) is 13.8. The molecule has 1 aliphatic heterocycles. The van der Waals surface area contributed by atoms with Crippen molar-refractivity contribution in [2.24, 2.45) is 0 Å². The van der Waals surface area contributed by atoms with Crippen LogP contribution in [0.2, 0.25) is 0 Å². The molecule has 0 amide bonds. The van der Waals surface area contributed by atoms with Gasteiger partial charge in [0.1, 0.15) is 5.82 Å². The second-order valence-electron chi connectivity index (χ2n) is 4.50. The van der Waals surface area contributed by atoms with Gasteiger partial charge >= 0.3 is 5.69 Å². The number of nitrogens with two attached hydrogens (primary N) is 1. The summed E-state index contributed by atoms with van der Waals surface area (Å²) in [6.45, 7) is 4.28. The van der Waals surface area contributed by atoms with Crippen LogP contribution < -0.4 is 10.6 Å². The highest BCUT2D eigenvalue weighted by Crippen LogP contribution is 2.25. The molecule has 1 unspecified atom stereocenters. The van der Waals surface area contributed by atoms with Gasteiger partial charge in [-0.05, 0) is 25.8 Å². The SMILES string of the molecule is CCOC1CCCN(c2ccc([N+](=O)[O-])c(N)n2)C1. The number of ether oxygens (including phenoxy) is 1. The van der Waals surface area contributed by atoms with Gasteiger partial charge in [-0.3, -0.25) is 10.1 Å². The summed E-state index contributed by atoms with van der Waals surface area (Å²) >= 11 is 0. The maximum Gasteiger partial charge on any atom is 0.311 e. The van der Waals surface area contributed by atoms with Gasteiger partial charge in [0.05, 0.1) is 11.0 Å². The first-order valence-corrected chi connectivity index (χ1v) is 6.39. The number of hydrogen-bond acceptors (Lipinski definition) is 6. The zero-order valence-corrected chi connectivity index (χ0v) is 10.9. The summed E-state index contributed by atoms with van der Waals surface area (Å²) in [6, 6.07) is 3.05. The lowest BCUT2D eigenvalue weighted by atomic mass is 10.1. The number of nitrogens with zero attached hydrogens (tertiary/aromatic N) is 3. The predicted molar refractivity (Wildman–Crippen MR) is 72.2 cm³/mol. The Kier molecular flexibility index (Phi) is 4.16. The highest BCUT2D eigenvalue weighted by molar-refractivity contribution is 5.58. The van der Waals surface area contributed by atoms with Gasteiger partial charge in [0.25, 0.3) is 0 Å². The molecule has 7 nitrogen and oxygen atoms in total. The monoisotopic (exact) mass is 266 g/mol. The molecule has 2 rings (SSSR count). The van der Waals surface area contributed by atoms with E-state index in [1.165, 1.54) is 6.07 Å². The largest absolute Gasteiger partial charge is 0.378 e. The van der Waals surface area contributed by atoms with Crippen molar-refractivity contribution < 1.29 is 9.66 Å². The highest BCUT2D eigenvalue weighted by atomic mass is 16.6. The number of anilines is 2. The van der Waals surface area contributed by atoms with Gasteiger partial charge in [-0.15, -0.1) is 0 Å². The van der Waals surface area contributed by atoms with Gasteiger partial charge in [0.2, 0.25) is 5.82 Å². The Labute approximate surface area is 111 Å². The second-order valence-corrected chi connectivity index (χ2v) is 4.50. The van der Waals surface area contributed by atoms with Crippen LogP contribution in [0.25, 0.3) is 0 Å². The van der Waals surface area contributed by atoms with Crippen LogP contribution in [0.15, 0.2) is 12.1 Å². The molecule has 0 aromatic carbocycles. The van der Waals surface area contributed by atoms with E-state index in [0.717, 1.165) is 25.9 Å². The van der Waals surface area contributed by atoms with Crippen molar-refractivity contribution in [1.82, 2.24) is 4.98 Å². The number of piperidine rings is 1. The van der Waals surface area contributed by atoms with Crippen molar-refractivity contribution in [3.8, 4) is 0 Å². The minimum atomic E-state index is -0.523. The summed E-state index contributed by atoms with van der Waals surface area (Å²) < 4.78 is 5.62. The maximum atomic E-state index is 10.7. The van der Waals surface area contributed by atoms with Crippen molar-refractivity contribution in [1.29, 1.82) is 0 Å². The minimum absolute atomic E-state index is 0.0407. The molecule has 0 aliphatic carbocycles. The third kappa shape index (κ3) is 3.11. The molecule has 7 heteroatoms. The van der Waals surface area contributed by atoms with Gasteiger partial charge in [0, 0.05) is 25.8 Å². The first-order chi connectivity index (χ1) is 9.11. The van der Waals surface area contributed by atoms with Gasteiger partial charge in [-0.25, -0.2) is 4.98 Å². The number of aromatic nitrogens is 1. The molecule has 2 N–H and O–H groups in total. The Balaban J connectivity index is 2.13. The Morgan fingerprint density at radius 3 is 3.05 bits per heavy atom.